The van der Waals surface area contributed by atoms with E-state index in [1.807, 2.05) is 24.3 Å². The quantitative estimate of drug-likeness (QED) is 0.854. The van der Waals surface area contributed by atoms with Crippen molar-refractivity contribution in [2.75, 3.05) is 34.3 Å². The third-order valence-electron chi connectivity index (χ3n) is 5.31. The van der Waals surface area contributed by atoms with Crippen LogP contribution < -0.4 is 4.74 Å². The Labute approximate surface area is 133 Å². The van der Waals surface area contributed by atoms with Crippen LogP contribution >= 0.6 is 0 Å². The highest BCUT2D eigenvalue weighted by atomic mass is 16.5. The monoisotopic (exact) mass is 302 g/mol. The van der Waals surface area contributed by atoms with Crippen molar-refractivity contribution < 1.29 is 9.53 Å². The minimum absolute atomic E-state index is 0.285. The summed E-state index contributed by atoms with van der Waals surface area (Å²) < 4.78 is 5.49. The predicted molar refractivity (Wildman–Crippen MR) is 87.1 cm³/mol. The zero-order valence-electron chi connectivity index (χ0n) is 14.0. The molecule has 120 valence electrons. The second kappa shape index (κ2) is 5.58. The van der Waals surface area contributed by atoms with Crippen molar-refractivity contribution in [3.05, 3.63) is 29.8 Å². The van der Waals surface area contributed by atoms with E-state index in [-0.39, 0.29) is 11.3 Å². The Morgan fingerprint density at radius 1 is 1.27 bits per heavy atom. The number of carbonyl (C=O) groups excluding carboxylic acids is 1. The van der Waals surface area contributed by atoms with Gasteiger partial charge in [-0.1, -0.05) is 25.1 Å². The molecule has 0 spiro atoms. The maximum Gasteiger partial charge on any atom is 0.233 e. The number of nitrogens with zero attached hydrogens (tertiary/aromatic N) is 2. The molecular formula is C18H26N2O2. The third kappa shape index (κ3) is 2.39. The molecule has 1 aliphatic carbocycles. The zero-order valence-corrected chi connectivity index (χ0v) is 14.0. The summed E-state index contributed by atoms with van der Waals surface area (Å²) in [7, 11) is 5.88. The lowest BCUT2D eigenvalue weighted by Gasteiger charge is -2.26. The van der Waals surface area contributed by atoms with Gasteiger partial charge in [0.25, 0.3) is 0 Å². The second-order valence-electron chi connectivity index (χ2n) is 7.00. The highest BCUT2D eigenvalue weighted by Gasteiger charge is 2.55. The van der Waals surface area contributed by atoms with Gasteiger partial charge in [-0.25, -0.2) is 0 Å². The minimum Gasteiger partial charge on any atom is -0.496 e. The van der Waals surface area contributed by atoms with E-state index in [0.29, 0.717) is 12.0 Å². The molecule has 4 heteroatoms. The normalized spacial score (nSPS) is 26.3. The fourth-order valence-corrected chi connectivity index (χ4v) is 3.85. The Kier molecular flexibility index (Phi) is 3.89. The van der Waals surface area contributed by atoms with E-state index < -0.39 is 0 Å². The molecule has 0 N–H and O–H groups in total. The minimum atomic E-state index is -0.340. The molecule has 1 aromatic rings. The lowest BCUT2D eigenvalue weighted by atomic mass is 9.93. The average molecular weight is 302 g/mol. The summed E-state index contributed by atoms with van der Waals surface area (Å²) in [6.45, 7) is 3.93. The van der Waals surface area contributed by atoms with E-state index in [4.69, 9.17) is 4.74 Å². The fraction of sp³-hybridized carbons (Fsp3) is 0.611. The Morgan fingerprint density at radius 3 is 2.50 bits per heavy atom. The summed E-state index contributed by atoms with van der Waals surface area (Å²) in [4.78, 5) is 17.5. The van der Waals surface area contributed by atoms with Gasteiger partial charge in [0.15, 0.2) is 0 Å². The summed E-state index contributed by atoms with van der Waals surface area (Å²) >= 11 is 0. The number of ether oxygens (including phenoxy) is 1. The van der Waals surface area contributed by atoms with E-state index >= 15 is 0 Å². The maximum atomic E-state index is 13.2. The van der Waals surface area contributed by atoms with Crippen molar-refractivity contribution in [3.8, 4) is 5.75 Å². The first-order valence-corrected chi connectivity index (χ1v) is 8.09. The Balaban J connectivity index is 1.83. The summed E-state index contributed by atoms with van der Waals surface area (Å²) in [5.41, 5.74) is 0.719. The topological polar surface area (TPSA) is 32.8 Å². The Morgan fingerprint density at radius 2 is 1.95 bits per heavy atom. The maximum absolute atomic E-state index is 13.2. The van der Waals surface area contributed by atoms with E-state index in [1.165, 1.54) is 0 Å². The van der Waals surface area contributed by atoms with Gasteiger partial charge in [0, 0.05) is 24.7 Å². The van der Waals surface area contributed by atoms with Gasteiger partial charge in [-0.3, -0.25) is 4.79 Å². The molecule has 0 radical (unpaired) electrons. The van der Waals surface area contributed by atoms with Gasteiger partial charge in [0.1, 0.15) is 5.75 Å². The number of hydrogen-bond acceptors (Lipinski definition) is 3. The van der Waals surface area contributed by atoms with Crippen molar-refractivity contribution in [2.45, 2.75) is 31.2 Å². The number of likely N-dealkylation sites (tertiary alicyclic amines) is 1. The molecule has 0 aromatic heterocycles. The van der Waals surface area contributed by atoms with Crippen LogP contribution in [0.15, 0.2) is 24.3 Å². The van der Waals surface area contributed by atoms with Crippen LogP contribution in [-0.4, -0.2) is 56.0 Å². The number of benzene rings is 1. The highest BCUT2D eigenvalue weighted by Crippen LogP contribution is 2.53. The fourth-order valence-electron chi connectivity index (χ4n) is 3.85. The number of amides is 1. The van der Waals surface area contributed by atoms with Gasteiger partial charge >= 0.3 is 0 Å². The molecule has 1 aliphatic heterocycles. The van der Waals surface area contributed by atoms with Gasteiger partial charge < -0.3 is 14.5 Å². The van der Waals surface area contributed by atoms with Crippen LogP contribution in [0.1, 0.15) is 25.3 Å². The van der Waals surface area contributed by atoms with Crippen molar-refractivity contribution in [2.24, 2.45) is 5.92 Å². The van der Waals surface area contributed by atoms with Gasteiger partial charge in [-0.15, -0.1) is 0 Å². The van der Waals surface area contributed by atoms with Crippen molar-refractivity contribution >= 4 is 5.91 Å². The van der Waals surface area contributed by atoms with Crippen LogP contribution in [0.25, 0.3) is 0 Å². The molecule has 0 unspecified atom stereocenters. The highest BCUT2D eigenvalue weighted by molar-refractivity contribution is 5.92. The summed E-state index contributed by atoms with van der Waals surface area (Å²) in [5.74, 6) is 1.64. The molecule has 1 heterocycles. The van der Waals surface area contributed by atoms with Gasteiger partial charge in [0.05, 0.1) is 12.5 Å². The smallest absolute Gasteiger partial charge is 0.233 e. The number of carbonyl (C=O) groups is 1. The lowest BCUT2D eigenvalue weighted by molar-refractivity contribution is -0.133. The molecule has 1 amide bonds. The van der Waals surface area contributed by atoms with E-state index in [1.54, 1.807) is 7.11 Å². The largest absolute Gasteiger partial charge is 0.496 e. The molecular weight excluding hydrogens is 276 g/mol. The lowest BCUT2D eigenvalue weighted by Crippen LogP contribution is -2.40. The van der Waals surface area contributed by atoms with Crippen LogP contribution in [-0.2, 0) is 10.2 Å². The third-order valence-corrected chi connectivity index (χ3v) is 5.31. The van der Waals surface area contributed by atoms with Crippen molar-refractivity contribution in [1.29, 1.82) is 0 Å². The summed E-state index contributed by atoms with van der Waals surface area (Å²) in [5, 5.41) is 0. The molecule has 2 fully saturated rings. The van der Waals surface area contributed by atoms with Crippen LogP contribution in [0.2, 0.25) is 0 Å². The molecule has 4 nitrogen and oxygen atoms in total. The number of methoxy groups -OCH3 is 1. The zero-order chi connectivity index (χ0) is 15.9. The number of likely N-dealkylation sites (N-methyl/N-ethyl adjacent to an activating group) is 1. The Bertz CT molecular complexity index is 566. The van der Waals surface area contributed by atoms with Gasteiger partial charge in [-0.2, -0.15) is 0 Å². The van der Waals surface area contributed by atoms with E-state index in [0.717, 1.165) is 37.2 Å². The second-order valence-corrected chi connectivity index (χ2v) is 7.00. The average Bonchev–Trinajstić information content (AvgIpc) is 3.23. The predicted octanol–water partition coefficient (Wildman–Crippen LogP) is 2.14. The van der Waals surface area contributed by atoms with Crippen LogP contribution in [0.3, 0.4) is 0 Å². The molecule has 1 saturated carbocycles. The first-order chi connectivity index (χ1) is 10.5. The van der Waals surface area contributed by atoms with Crippen LogP contribution in [0.4, 0.5) is 0 Å². The first kappa shape index (κ1) is 15.3. The first-order valence-electron chi connectivity index (χ1n) is 8.09. The molecule has 22 heavy (non-hydrogen) atoms. The number of rotatable bonds is 4. The molecule has 0 bridgehead atoms. The summed E-state index contributed by atoms with van der Waals surface area (Å²) in [6, 6.07) is 8.42. The molecule has 2 atom stereocenters. The van der Waals surface area contributed by atoms with E-state index in [2.05, 4.69) is 30.8 Å². The molecule has 3 rings (SSSR count). The summed E-state index contributed by atoms with van der Waals surface area (Å²) in [6.07, 6.45) is 1.87. The molecule has 2 aliphatic rings. The van der Waals surface area contributed by atoms with Crippen LogP contribution in [0.5, 0.6) is 5.75 Å². The molecule has 1 saturated heterocycles. The van der Waals surface area contributed by atoms with Crippen molar-refractivity contribution in [3.63, 3.8) is 0 Å². The molecule has 1 aromatic carbocycles. The number of hydrogen-bond donors (Lipinski definition) is 0. The SMILES string of the molecule is COc1ccccc1C1(C(=O)N2C[C@@H](C)[C@@H](N(C)C)C2)CC1. The standard InChI is InChI=1S/C18H26N2O2/c1-13-11-20(12-15(13)19(2)3)17(21)18(9-10-18)14-7-5-6-8-16(14)22-4/h5-8,13,15H,9-12H2,1-4H3/t13-,15+/m1/s1. The Hall–Kier alpha value is -1.55. The van der Waals surface area contributed by atoms with E-state index in [9.17, 15) is 4.79 Å². The number of para-hydroxylation sites is 1. The van der Waals surface area contributed by atoms with Crippen LogP contribution in [0, 0.1) is 5.92 Å². The van der Waals surface area contributed by atoms with Crippen molar-refractivity contribution in [1.82, 2.24) is 9.80 Å². The van der Waals surface area contributed by atoms with Gasteiger partial charge in [-0.05, 0) is 38.9 Å². The van der Waals surface area contributed by atoms with Gasteiger partial charge in [0.2, 0.25) is 5.91 Å².